The van der Waals surface area contributed by atoms with Crippen molar-refractivity contribution in [1.29, 1.82) is 0 Å². The summed E-state index contributed by atoms with van der Waals surface area (Å²) in [5.41, 5.74) is 0.351. The van der Waals surface area contributed by atoms with Crippen LogP contribution < -0.4 is 9.47 Å². The molecule has 0 aliphatic carbocycles. The number of fused-ring (bicyclic) bond motifs is 1. The van der Waals surface area contributed by atoms with Gasteiger partial charge in [-0.2, -0.15) is 0 Å². The second-order valence-electron chi connectivity index (χ2n) is 2.83. The van der Waals surface area contributed by atoms with Crippen LogP contribution in [0, 0.1) is 3.57 Å². The van der Waals surface area contributed by atoms with E-state index in [1.54, 1.807) is 22.6 Å². The van der Waals surface area contributed by atoms with Gasteiger partial charge in [0.2, 0.25) is 5.75 Å². The molecule has 0 radical (unpaired) electrons. The molecule has 0 amide bonds. The van der Waals surface area contributed by atoms with E-state index in [0.29, 0.717) is 9.13 Å². The minimum Gasteiger partial charge on any atom is -0.503 e. The van der Waals surface area contributed by atoms with Gasteiger partial charge in [-0.1, -0.05) is 12.7 Å². The van der Waals surface area contributed by atoms with E-state index in [1.165, 1.54) is 12.1 Å². The zero-order chi connectivity index (χ0) is 11.2. The minimum atomic E-state index is -3.73. The molecule has 1 aliphatic heterocycles. The molecule has 1 aliphatic rings. The Balaban J connectivity index is 2.65. The van der Waals surface area contributed by atoms with Crippen molar-refractivity contribution in [2.45, 2.75) is 6.29 Å². The third-order valence-corrected chi connectivity index (χ3v) is 2.68. The lowest BCUT2D eigenvalue weighted by atomic mass is 10.2. The number of halogens is 3. The Kier molecular flexibility index (Phi) is 2.25. The standard InChI is InChI=1S/C9H5F2IO3/c1-2-4-3-5(12)6(13)8-7(4)14-9(10,11)15-8/h2-3,13H,1H2. The molecule has 0 fully saturated rings. The Morgan fingerprint density at radius 1 is 1.40 bits per heavy atom. The SMILES string of the molecule is C=Cc1cc(I)c(O)c2c1OC(F)(F)O2. The number of aromatic hydroxyl groups is 1. The molecule has 1 N–H and O–H groups in total. The molecule has 0 bridgehead atoms. The van der Waals surface area contributed by atoms with E-state index < -0.39 is 6.29 Å². The van der Waals surface area contributed by atoms with Crippen molar-refractivity contribution in [3.8, 4) is 17.2 Å². The molecule has 0 atom stereocenters. The molecule has 0 saturated heterocycles. The summed E-state index contributed by atoms with van der Waals surface area (Å²) in [6.45, 7) is 3.46. The highest BCUT2D eigenvalue weighted by atomic mass is 127. The van der Waals surface area contributed by atoms with Crippen molar-refractivity contribution in [3.05, 3.63) is 21.8 Å². The molecule has 3 nitrogen and oxygen atoms in total. The zero-order valence-electron chi connectivity index (χ0n) is 7.26. The van der Waals surface area contributed by atoms with Crippen molar-refractivity contribution in [1.82, 2.24) is 0 Å². The van der Waals surface area contributed by atoms with Crippen LogP contribution in [-0.4, -0.2) is 11.4 Å². The molecular weight excluding hydrogens is 321 g/mol. The highest BCUT2D eigenvalue weighted by Crippen LogP contribution is 2.50. The number of ether oxygens (including phenoxy) is 2. The highest BCUT2D eigenvalue weighted by molar-refractivity contribution is 14.1. The van der Waals surface area contributed by atoms with E-state index in [2.05, 4.69) is 16.1 Å². The molecule has 6 heteroatoms. The topological polar surface area (TPSA) is 38.7 Å². The van der Waals surface area contributed by atoms with E-state index >= 15 is 0 Å². The van der Waals surface area contributed by atoms with Crippen LogP contribution in [0.15, 0.2) is 12.6 Å². The lowest BCUT2D eigenvalue weighted by molar-refractivity contribution is -0.287. The largest absolute Gasteiger partial charge is 0.586 e. The molecule has 0 spiro atoms. The first-order valence-electron chi connectivity index (χ1n) is 3.88. The predicted octanol–water partition coefficient (Wildman–Crippen LogP) is 2.96. The molecule has 1 heterocycles. The third-order valence-electron chi connectivity index (χ3n) is 1.85. The summed E-state index contributed by atoms with van der Waals surface area (Å²) in [6.07, 6.45) is -2.38. The fourth-order valence-electron chi connectivity index (χ4n) is 1.23. The van der Waals surface area contributed by atoms with Crippen LogP contribution >= 0.6 is 22.6 Å². The van der Waals surface area contributed by atoms with Crippen LogP contribution in [0.4, 0.5) is 8.78 Å². The molecule has 0 saturated carbocycles. The van der Waals surface area contributed by atoms with Gasteiger partial charge in [0.05, 0.1) is 3.57 Å². The first kappa shape index (κ1) is 10.5. The van der Waals surface area contributed by atoms with Gasteiger partial charge in [0.1, 0.15) is 0 Å². The second kappa shape index (κ2) is 3.22. The highest BCUT2D eigenvalue weighted by Gasteiger charge is 2.46. The first-order chi connectivity index (χ1) is 6.94. The maximum absolute atomic E-state index is 12.8. The number of phenolic OH excluding ortho intramolecular Hbond substituents is 1. The van der Waals surface area contributed by atoms with Crippen molar-refractivity contribution in [2.24, 2.45) is 0 Å². The second-order valence-corrected chi connectivity index (χ2v) is 3.99. The summed E-state index contributed by atoms with van der Waals surface area (Å²) < 4.78 is 34.4. The summed E-state index contributed by atoms with van der Waals surface area (Å²) in [5.74, 6) is -0.886. The molecular formula is C9H5F2IO3. The number of hydrogen-bond donors (Lipinski definition) is 1. The number of hydrogen-bond acceptors (Lipinski definition) is 3. The molecule has 1 aromatic carbocycles. The molecule has 0 unspecified atom stereocenters. The average molecular weight is 326 g/mol. The Bertz CT molecular complexity index is 445. The van der Waals surface area contributed by atoms with Gasteiger partial charge in [0.25, 0.3) is 0 Å². The quantitative estimate of drug-likeness (QED) is 0.807. The third kappa shape index (κ3) is 1.62. The van der Waals surface area contributed by atoms with Crippen molar-refractivity contribution < 1.29 is 23.4 Å². The fourth-order valence-corrected chi connectivity index (χ4v) is 1.81. The monoisotopic (exact) mass is 326 g/mol. The van der Waals surface area contributed by atoms with E-state index in [1.807, 2.05) is 0 Å². The normalized spacial score (nSPS) is 16.5. The lowest BCUT2D eigenvalue weighted by Gasteiger charge is -2.04. The van der Waals surface area contributed by atoms with Crippen molar-refractivity contribution in [3.63, 3.8) is 0 Å². The van der Waals surface area contributed by atoms with E-state index in [9.17, 15) is 13.9 Å². The Morgan fingerprint density at radius 2 is 2.00 bits per heavy atom. The summed E-state index contributed by atoms with van der Waals surface area (Å²) in [6, 6.07) is 1.48. The van der Waals surface area contributed by atoms with Crippen LogP contribution in [0.2, 0.25) is 0 Å². The van der Waals surface area contributed by atoms with Gasteiger partial charge in [-0.15, -0.1) is 8.78 Å². The minimum absolute atomic E-state index is 0.187. The summed E-state index contributed by atoms with van der Waals surface area (Å²) in [4.78, 5) is 0. The van der Waals surface area contributed by atoms with Crippen molar-refractivity contribution in [2.75, 3.05) is 0 Å². The molecule has 0 aromatic heterocycles. The van der Waals surface area contributed by atoms with Crippen LogP contribution in [0.1, 0.15) is 5.56 Å². The van der Waals surface area contributed by atoms with Crippen LogP contribution in [0.25, 0.3) is 6.08 Å². The maximum Gasteiger partial charge on any atom is 0.586 e. The predicted molar refractivity (Wildman–Crippen MR) is 57.1 cm³/mol. The number of phenols is 1. The van der Waals surface area contributed by atoms with Crippen molar-refractivity contribution >= 4 is 28.7 Å². The van der Waals surface area contributed by atoms with Crippen LogP contribution in [-0.2, 0) is 0 Å². The van der Waals surface area contributed by atoms with Gasteiger partial charge in [-0.05, 0) is 28.7 Å². The summed E-state index contributed by atoms with van der Waals surface area (Å²) >= 11 is 1.80. The Labute approximate surface area is 97.4 Å². The first-order valence-corrected chi connectivity index (χ1v) is 4.96. The van der Waals surface area contributed by atoms with Gasteiger partial charge in [-0.25, -0.2) is 0 Å². The van der Waals surface area contributed by atoms with E-state index in [-0.39, 0.29) is 17.2 Å². The Hall–Kier alpha value is -1.05. The van der Waals surface area contributed by atoms with Crippen LogP contribution in [0.5, 0.6) is 17.2 Å². The summed E-state index contributed by atoms with van der Waals surface area (Å²) in [5, 5.41) is 9.49. The Morgan fingerprint density at radius 3 is 2.60 bits per heavy atom. The number of rotatable bonds is 1. The average Bonchev–Trinajstić information content (AvgIpc) is 2.48. The lowest BCUT2D eigenvalue weighted by Crippen LogP contribution is -2.26. The van der Waals surface area contributed by atoms with Gasteiger partial charge >= 0.3 is 6.29 Å². The fraction of sp³-hybridized carbons (Fsp3) is 0.111. The molecule has 15 heavy (non-hydrogen) atoms. The van der Waals surface area contributed by atoms with Gasteiger partial charge in [0.15, 0.2) is 11.5 Å². The van der Waals surface area contributed by atoms with Gasteiger partial charge in [0, 0.05) is 5.56 Å². The van der Waals surface area contributed by atoms with E-state index in [0.717, 1.165) is 0 Å². The smallest absolute Gasteiger partial charge is 0.503 e. The van der Waals surface area contributed by atoms with Crippen LogP contribution in [0.3, 0.4) is 0 Å². The van der Waals surface area contributed by atoms with Gasteiger partial charge < -0.3 is 14.6 Å². The number of benzene rings is 1. The van der Waals surface area contributed by atoms with Gasteiger partial charge in [-0.3, -0.25) is 0 Å². The zero-order valence-corrected chi connectivity index (χ0v) is 9.42. The maximum atomic E-state index is 12.8. The molecule has 80 valence electrons. The number of alkyl halides is 2. The molecule has 2 rings (SSSR count). The van der Waals surface area contributed by atoms with E-state index in [4.69, 9.17) is 0 Å². The summed E-state index contributed by atoms with van der Waals surface area (Å²) in [7, 11) is 0. The molecule has 1 aromatic rings.